The molecule has 3 nitrogen and oxygen atoms in total. The smallest absolute Gasteiger partial charge is 0.261 e. The molecule has 144 valence electrons. The third kappa shape index (κ3) is 4.91. The van der Waals surface area contributed by atoms with Crippen LogP contribution in [0.2, 0.25) is 0 Å². The number of benzene rings is 2. The Kier molecular flexibility index (Phi) is 6.54. The number of rotatable bonds is 7. The van der Waals surface area contributed by atoms with Crippen LogP contribution in [0.15, 0.2) is 42.5 Å². The molecule has 0 aliphatic heterocycles. The van der Waals surface area contributed by atoms with Crippen molar-refractivity contribution in [3.63, 3.8) is 0 Å². The molecule has 0 saturated heterocycles. The van der Waals surface area contributed by atoms with Gasteiger partial charge in [-0.2, -0.15) is 0 Å². The number of hydrogen-bond donors (Lipinski definition) is 1. The summed E-state index contributed by atoms with van der Waals surface area (Å²) in [6.45, 7) is 6.14. The molecule has 0 fully saturated rings. The fourth-order valence-electron chi connectivity index (χ4n) is 3.76. The lowest BCUT2D eigenvalue weighted by Crippen LogP contribution is -2.40. The van der Waals surface area contributed by atoms with Crippen LogP contribution >= 0.6 is 0 Å². The molecule has 1 aliphatic carbocycles. The molecule has 0 bridgehead atoms. The van der Waals surface area contributed by atoms with E-state index in [4.69, 9.17) is 4.74 Å². The van der Waals surface area contributed by atoms with Crippen LogP contribution in [0.5, 0.6) is 5.75 Å². The second kappa shape index (κ2) is 9.07. The number of nitrogens with one attached hydrogen (secondary N) is 1. The van der Waals surface area contributed by atoms with Gasteiger partial charge in [0.1, 0.15) is 5.75 Å². The van der Waals surface area contributed by atoms with E-state index in [-0.39, 0.29) is 11.9 Å². The fraction of sp³-hybridized carbons (Fsp3) is 0.458. The summed E-state index contributed by atoms with van der Waals surface area (Å²) in [4.78, 5) is 12.8. The zero-order valence-electron chi connectivity index (χ0n) is 16.8. The molecule has 0 radical (unpaired) electrons. The molecular formula is C24H31NO2. The highest BCUT2D eigenvalue weighted by Gasteiger charge is 2.22. The Bertz CT molecular complexity index is 766. The van der Waals surface area contributed by atoms with E-state index >= 15 is 0 Å². The number of carbonyl (C=O) groups is 1. The fourth-order valence-corrected chi connectivity index (χ4v) is 3.76. The summed E-state index contributed by atoms with van der Waals surface area (Å²) in [5.74, 6) is 0.701. The number of fused-ring (bicyclic) bond motifs is 1. The molecule has 27 heavy (non-hydrogen) atoms. The minimum Gasteiger partial charge on any atom is -0.481 e. The summed E-state index contributed by atoms with van der Waals surface area (Å²) in [6, 6.07) is 14.6. The van der Waals surface area contributed by atoms with Crippen molar-refractivity contribution in [2.75, 3.05) is 0 Å². The lowest BCUT2D eigenvalue weighted by Gasteiger charge is -2.24. The molecule has 1 amide bonds. The normalized spacial score (nSPS) is 15.5. The third-order valence-corrected chi connectivity index (χ3v) is 5.46. The quantitative estimate of drug-likeness (QED) is 0.723. The van der Waals surface area contributed by atoms with E-state index in [0.717, 1.165) is 18.6 Å². The van der Waals surface area contributed by atoms with E-state index in [0.29, 0.717) is 6.42 Å². The zero-order chi connectivity index (χ0) is 19.2. The van der Waals surface area contributed by atoms with Gasteiger partial charge in [0.2, 0.25) is 0 Å². The van der Waals surface area contributed by atoms with E-state index in [9.17, 15) is 4.79 Å². The molecule has 2 atom stereocenters. The molecule has 2 aromatic rings. The van der Waals surface area contributed by atoms with Gasteiger partial charge in [-0.1, -0.05) is 49.7 Å². The molecule has 1 N–H and O–H groups in total. The van der Waals surface area contributed by atoms with Crippen LogP contribution in [0.4, 0.5) is 0 Å². The number of hydrogen-bond acceptors (Lipinski definition) is 2. The number of ether oxygens (including phenoxy) is 1. The topological polar surface area (TPSA) is 38.3 Å². The van der Waals surface area contributed by atoms with Gasteiger partial charge in [0, 0.05) is 0 Å². The second-order valence-electron chi connectivity index (χ2n) is 7.53. The summed E-state index contributed by atoms with van der Waals surface area (Å²) in [5, 5.41) is 3.21. The molecule has 0 spiro atoms. The Balaban J connectivity index is 1.68. The first-order valence-corrected chi connectivity index (χ1v) is 10.3. The molecule has 1 aliphatic rings. The molecule has 3 heteroatoms. The maximum atomic E-state index is 12.8. The van der Waals surface area contributed by atoms with Crippen LogP contribution in [-0.2, 0) is 17.6 Å². The predicted molar refractivity (Wildman–Crippen MR) is 110 cm³/mol. The van der Waals surface area contributed by atoms with Gasteiger partial charge in [-0.15, -0.1) is 0 Å². The predicted octanol–water partition coefficient (Wildman–Crippen LogP) is 5.30. The van der Waals surface area contributed by atoms with Crippen molar-refractivity contribution in [1.82, 2.24) is 5.32 Å². The highest BCUT2D eigenvalue weighted by molar-refractivity contribution is 5.81. The first-order chi connectivity index (χ1) is 13.1. The van der Waals surface area contributed by atoms with Crippen LogP contribution < -0.4 is 10.1 Å². The maximum absolute atomic E-state index is 12.8. The van der Waals surface area contributed by atoms with Crippen molar-refractivity contribution in [3.8, 4) is 5.75 Å². The van der Waals surface area contributed by atoms with Crippen molar-refractivity contribution >= 4 is 5.91 Å². The van der Waals surface area contributed by atoms with Crippen LogP contribution in [0.1, 0.15) is 67.8 Å². The molecule has 0 heterocycles. The van der Waals surface area contributed by atoms with Crippen LogP contribution in [0.3, 0.4) is 0 Å². The standard InChI is InChI=1S/C24H31NO2/c1-4-22(20-13-12-18-8-6-7-9-19(18)16-20)25-24(26)23(5-2)27-21-14-10-17(3)11-15-21/h10-16,22-23H,4-9H2,1-3H3,(H,25,26)/t22-,23+/m0/s1. The zero-order valence-corrected chi connectivity index (χ0v) is 16.8. The Morgan fingerprint density at radius 2 is 1.70 bits per heavy atom. The molecular weight excluding hydrogens is 334 g/mol. The van der Waals surface area contributed by atoms with E-state index in [1.54, 1.807) is 0 Å². The summed E-state index contributed by atoms with van der Waals surface area (Å²) in [7, 11) is 0. The van der Waals surface area contributed by atoms with Gasteiger partial charge in [-0.3, -0.25) is 4.79 Å². The minimum absolute atomic E-state index is 0.0281. The number of amides is 1. The van der Waals surface area contributed by atoms with E-state index in [1.165, 1.54) is 41.5 Å². The van der Waals surface area contributed by atoms with Crippen LogP contribution in [0, 0.1) is 6.92 Å². The monoisotopic (exact) mass is 365 g/mol. The lowest BCUT2D eigenvalue weighted by molar-refractivity contribution is -0.128. The van der Waals surface area contributed by atoms with Crippen molar-refractivity contribution in [1.29, 1.82) is 0 Å². The first-order valence-electron chi connectivity index (χ1n) is 10.3. The minimum atomic E-state index is -0.473. The van der Waals surface area contributed by atoms with Gasteiger partial charge >= 0.3 is 0 Å². The molecule has 0 saturated carbocycles. The van der Waals surface area contributed by atoms with Crippen LogP contribution in [-0.4, -0.2) is 12.0 Å². The van der Waals surface area contributed by atoms with Gasteiger partial charge in [0.05, 0.1) is 6.04 Å². The number of aryl methyl sites for hydroxylation is 3. The molecule has 3 rings (SSSR count). The highest BCUT2D eigenvalue weighted by atomic mass is 16.5. The Hall–Kier alpha value is -2.29. The van der Waals surface area contributed by atoms with Gasteiger partial charge in [0.25, 0.3) is 5.91 Å². The SMILES string of the molecule is CC[C@H](NC(=O)[C@@H](CC)Oc1ccc(C)cc1)c1ccc2c(c1)CCCC2. The van der Waals surface area contributed by atoms with E-state index in [2.05, 4.69) is 30.4 Å². The largest absolute Gasteiger partial charge is 0.481 e. The van der Waals surface area contributed by atoms with Gasteiger partial charge in [-0.25, -0.2) is 0 Å². The molecule has 0 unspecified atom stereocenters. The summed E-state index contributed by atoms with van der Waals surface area (Å²) >= 11 is 0. The van der Waals surface area contributed by atoms with Crippen molar-refractivity contribution < 1.29 is 9.53 Å². The van der Waals surface area contributed by atoms with Gasteiger partial charge in [0.15, 0.2) is 6.10 Å². The Morgan fingerprint density at radius 1 is 1.00 bits per heavy atom. The van der Waals surface area contributed by atoms with Crippen LogP contribution in [0.25, 0.3) is 0 Å². The Morgan fingerprint density at radius 3 is 2.37 bits per heavy atom. The Labute approximate surface area is 163 Å². The summed E-state index contributed by atoms with van der Waals surface area (Å²) < 4.78 is 5.94. The highest BCUT2D eigenvalue weighted by Crippen LogP contribution is 2.26. The summed E-state index contributed by atoms with van der Waals surface area (Å²) in [5.41, 5.74) is 5.31. The van der Waals surface area contributed by atoms with Crippen molar-refractivity contribution in [2.45, 2.75) is 71.4 Å². The average Bonchev–Trinajstić information content (AvgIpc) is 2.71. The second-order valence-corrected chi connectivity index (χ2v) is 7.53. The number of carbonyl (C=O) groups excluding carboxylic acids is 1. The van der Waals surface area contributed by atoms with E-state index < -0.39 is 6.10 Å². The maximum Gasteiger partial charge on any atom is 0.261 e. The van der Waals surface area contributed by atoms with Crippen molar-refractivity contribution in [3.05, 3.63) is 64.7 Å². The lowest BCUT2D eigenvalue weighted by atomic mass is 9.88. The first kappa shape index (κ1) is 19.5. The third-order valence-electron chi connectivity index (χ3n) is 5.46. The average molecular weight is 366 g/mol. The van der Waals surface area contributed by atoms with E-state index in [1.807, 2.05) is 38.1 Å². The van der Waals surface area contributed by atoms with Gasteiger partial charge < -0.3 is 10.1 Å². The van der Waals surface area contributed by atoms with Gasteiger partial charge in [-0.05, 0) is 74.3 Å². The molecule has 2 aromatic carbocycles. The molecule has 0 aromatic heterocycles. The summed E-state index contributed by atoms with van der Waals surface area (Å²) in [6.07, 6.45) is 5.92. The van der Waals surface area contributed by atoms with Crippen molar-refractivity contribution in [2.24, 2.45) is 0 Å².